The zero-order valence-corrected chi connectivity index (χ0v) is 11.2. The molecule has 1 N–H and O–H groups in total. The summed E-state index contributed by atoms with van der Waals surface area (Å²) in [5.41, 5.74) is 0. The van der Waals surface area contributed by atoms with Crippen molar-refractivity contribution in [1.29, 1.82) is 5.26 Å². The monoisotopic (exact) mass is 262 g/mol. The number of hydrogen-bond acceptors (Lipinski definition) is 4. The molecule has 1 rings (SSSR count). The highest BCUT2D eigenvalue weighted by atomic mass is 16.5. The van der Waals surface area contributed by atoms with Gasteiger partial charge in [-0.3, -0.25) is 4.79 Å². The lowest BCUT2D eigenvalue weighted by Crippen LogP contribution is -2.32. The van der Waals surface area contributed by atoms with Crippen LogP contribution in [-0.2, 0) is 4.79 Å². The summed E-state index contributed by atoms with van der Waals surface area (Å²) in [7, 11) is 0. The molecule has 5 nitrogen and oxygen atoms in total. The normalized spacial score (nSPS) is 11.2. The van der Waals surface area contributed by atoms with Gasteiger partial charge in [-0.2, -0.15) is 5.26 Å². The Balaban J connectivity index is 2.44. The summed E-state index contributed by atoms with van der Waals surface area (Å²) in [5, 5.41) is 11.2. The standard InChI is InChI=1S/C14H18N2O3/c1-3-18-12-6-4-5-7-13(12)19-10-14(17)16-9-11(2)8-15/h4-7,11H,3,9-10H2,1-2H3,(H,16,17). The Kier molecular flexibility index (Phi) is 6.23. The van der Waals surface area contributed by atoms with Crippen LogP contribution in [0.5, 0.6) is 11.5 Å². The first-order chi connectivity index (χ1) is 9.17. The van der Waals surface area contributed by atoms with Crippen LogP contribution in [0.4, 0.5) is 0 Å². The summed E-state index contributed by atoms with van der Waals surface area (Å²) in [5.74, 6) is 0.684. The van der Waals surface area contributed by atoms with Crippen molar-refractivity contribution in [2.24, 2.45) is 5.92 Å². The zero-order chi connectivity index (χ0) is 14.1. The molecule has 0 spiro atoms. The maximum atomic E-state index is 11.5. The second-order valence-corrected chi connectivity index (χ2v) is 4.00. The molecule has 0 radical (unpaired) electrons. The molecule has 0 aliphatic heterocycles. The molecule has 0 aliphatic rings. The average Bonchev–Trinajstić information content (AvgIpc) is 2.44. The Labute approximate surface area is 113 Å². The van der Waals surface area contributed by atoms with Gasteiger partial charge in [-0.25, -0.2) is 0 Å². The van der Waals surface area contributed by atoms with E-state index in [9.17, 15) is 4.79 Å². The number of ether oxygens (including phenoxy) is 2. The number of carbonyl (C=O) groups is 1. The number of rotatable bonds is 7. The van der Waals surface area contributed by atoms with Crippen LogP contribution < -0.4 is 14.8 Å². The van der Waals surface area contributed by atoms with Gasteiger partial charge in [-0.05, 0) is 26.0 Å². The van der Waals surface area contributed by atoms with Crippen molar-refractivity contribution in [3.8, 4) is 17.6 Å². The Hall–Kier alpha value is -2.22. The summed E-state index contributed by atoms with van der Waals surface area (Å²) >= 11 is 0. The first-order valence-electron chi connectivity index (χ1n) is 6.18. The minimum atomic E-state index is -0.256. The van der Waals surface area contributed by atoms with E-state index < -0.39 is 0 Å². The van der Waals surface area contributed by atoms with Crippen LogP contribution >= 0.6 is 0 Å². The molecule has 0 aromatic heterocycles. The maximum Gasteiger partial charge on any atom is 0.257 e. The maximum absolute atomic E-state index is 11.5. The third-order valence-corrected chi connectivity index (χ3v) is 2.33. The van der Waals surface area contributed by atoms with Crippen LogP contribution in [0.1, 0.15) is 13.8 Å². The van der Waals surface area contributed by atoms with Crippen molar-refractivity contribution in [2.45, 2.75) is 13.8 Å². The van der Waals surface area contributed by atoms with E-state index in [2.05, 4.69) is 5.32 Å². The molecule has 0 aliphatic carbocycles. The number of nitrogens with one attached hydrogen (secondary N) is 1. The third kappa shape index (κ3) is 5.30. The molecule has 19 heavy (non-hydrogen) atoms. The first kappa shape index (κ1) is 14.8. The molecule has 1 amide bonds. The highest BCUT2D eigenvalue weighted by Crippen LogP contribution is 2.26. The first-order valence-corrected chi connectivity index (χ1v) is 6.18. The molecular weight excluding hydrogens is 244 g/mol. The van der Waals surface area contributed by atoms with Crippen molar-refractivity contribution in [3.63, 3.8) is 0 Å². The molecule has 0 bridgehead atoms. The lowest BCUT2D eigenvalue weighted by Gasteiger charge is -2.11. The van der Waals surface area contributed by atoms with Crippen LogP contribution in [0.25, 0.3) is 0 Å². The predicted octanol–water partition coefficient (Wildman–Crippen LogP) is 1.74. The molecule has 1 aromatic rings. The molecule has 0 saturated heterocycles. The van der Waals surface area contributed by atoms with Crippen molar-refractivity contribution < 1.29 is 14.3 Å². The minimum absolute atomic E-state index is 0.0950. The van der Waals surface area contributed by atoms with E-state index in [1.54, 1.807) is 19.1 Å². The molecule has 0 heterocycles. The van der Waals surface area contributed by atoms with Gasteiger partial charge in [0, 0.05) is 6.54 Å². The second kappa shape index (κ2) is 7.98. The van der Waals surface area contributed by atoms with E-state index in [1.807, 2.05) is 25.1 Å². The van der Waals surface area contributed by atoms with E-state index in [0.29, 0.717) is 24.7 Å². The fourth-order valence-corrected chi connectivity index (χ4v) is 1.35. The summed E-state index contributed by atoms with van der Waals surface area (Å²) in [4.78, 5) is 11.5. The number of carbonyl (C=O) groups excluding carboxylic acids is 1. The largest absolute Gasteiger partial charge is 0.490 e. The van der Waals surface area contributed by atoms with E-state index in [1.165, 1.54) is 0 Å². The van der Waals surface area contributed by atoms with Gasteiger partial charge in [0.05, 0.1) is 18.6 Å². The van der Waals surface area contributed by atoms with Crippen LogP contribution in [-0.4, -0.2) is 25.7 Å². The Morgan fingerprint density at radius 2 is 2.00 bits per heavy atom. The fraction of sp³-hybridized carbons (Fsp3) is 0.429. The van der Waals surface area contributed by atoms with Gasteiger partial charge in [0.25, 0.3) is 5.91 Å². The molecule has 0 saturated carbocycles. The molecular formula is C14H18N2O3. The number of para-hydroxylation sites is 2. The summed E-state index contributed by atoms with van der Waals surface area (Å²) in [6.07, 6.45) is 0. The molecule has 1 aromatic carbocycles. The quantitative estimate of drug-likeness (QED) is 0.812. The lowest BCUT2D eigenvalue weighted by molar-refractivity contribution is -0.123. The summed E-state index contributed by atoms with van der Waals surface area (Å²) < 4.78 is 10.8. The third-order valence-electron chi connectivity index (χ3n) is 2.33. The highest BCUT2D eigenvalue weighted by molar-refractivity contribution is 5.77. The summed E-state index contributed by atoms with van der Waals surface area (Å²) in [6.45, 7) is 4.39. The van der Waals surface area contributed by atoms with E-state index in [4.69, 9.17) is 14.7 Å². The predicted molar refractivity (Wildman–Crippen MR) is 70.9 cm³/mol. The Bertz CT molecular complexity index is 454. The Morgan fingerprint density at radius 3 is 2.58 bits per heavy atom. The van der Waals surface area contributed by atoms with Gasteiger partial charge in [0.1, 0.15) is 0 Å². The van der Waals surface area contributed by atoms with Gasteiger partial charge < -0.3 is 14.8 Å². The van der Waals surface area contributed by atoms with Crippen LogP contribution in [0.2, 0.25) is 0 Å². The molecule has 5 heteroatoms. The fourth-order valence-electron chi connectivity index (χ4n) is 1.35. The topological polar surface area (TPSA) is 71.3 Å². The van der Waals surface area contributed by atoms with E-state index >= 15 is 0 Å². The highest BCUT2D eigenvalue weighted by Gasteiger charge is 2.08. The van der Waals surface area contributed by atoms with Crippen LogP contribution in [0.15, 0.2) is 24.3 Å². The smallest absolute Gasteiger partial charge is 0.257 e. The number of hydrogen-bond donors (Lipinski definition) is 1. The van der Waals surface area contributed by atoms with Crippen molar-refractivity contribution >= 4 is 5.91 Å². The van der Waals surface area contributed by atoms with Gasteiger partial charge in [-0.15, -0.1) is 0 Å². The average molecular weight is 262 g/mol. The number of nitrogens with zero attached hydrogens (tertiary/aromatic N) is 1. The zero-order valence-electron chi connectivity index (χ0n) is 11.2. The van der Waals surface area contributed by atoms with Crippen LogP contribution in [0.3, 0.4) is 0 Å². The Morgan fingerprint density at radius 1 is 1.37 bits per heavy atom. The lowest BCUT2D eigenvalue weighted by atomic mass is 10.2. The van der Waals surface area contributed by atoms with Crippen LogP contribution in [0, 0.1) is 17.2 Å². The van der Waals surface area contributed by atoms with Crippen molar-refractivity contribution in [1.82, 2.24) is 5.32 Å². The van der Waals surface area contributed by atoms with Gasteiger partial charge in [0.15, 0.2) is 18.1 Å². The molecule has 1 unspecified atom stereocenters. The van der Waals surface area contributed by atoms with Gasteiger partial charge >= 0.3 is 0 Å². The number of amides is 1. The second-order valence-electron chi connectivity index (χ2n) is 4.00. The van der Waals surface area contributed by atoms with Crippen molar-refractivity contribution in [2.75, 3.05) is 19.8 Å². The molecule has 0 fully saturated rings. The van der Waals surface area contributed by atoms with Gasteiger partial charge in [-0.1, -0.05) is 12.1 Å². The van der Waals surface area contributed by atoms with E-state index in [-0.39, 0.29) is 18.4 Å². The summed E-state index contributed by atoms with van der Waals surface area (Å²) in [6, 6.07) is 9.23. The van der Waals surface area contributed by atoms with Crippen molar-refractivity contribution in [3.05, 3.63) is 24.3 Å². The SMILES string of the molecule is CCOc1ccccc1OCC(=O)NCC(C)C#N. The minimum Gasteiger partial charge on any atom is -0.490 e. The number of benzene rings is 1. The number of nitriles is 1. The molecule has 1 atom stereocenters. The van der Waals surface area contributed by atoms with Gasteiger partial charge in [0.2, 0.25) is 0 Å². The van der Waals surface area contributed by atoms with E-state index in [0.717, 1.165) is 0 Å². The molecule has 102 valence electrons.